The molecular weight excluding hydrogens is 314 g/mol. The fourth-order valence-electron chi connectivity index (χ4n) is 2.59. The Morgan fingerprint density at radius 1 is 1.00 bits per heavy atom. The summed E-state index contributed by atoms with van der Waals surface area (Å²) in [5.41, 5.74) is 0.790. The van der Waals surface area contributed by atoms with Crippen molar-refractivity contribution in [3.63, 3.8) is 0 Å². The van der Waals surface area contributed by atoms with E-state index in [1.165, 1.54) is 6.21 Å². The van der Waals surface area contributed by atoms with E-state index < -0.39 is 37.3 Å². The first-order chi connectivity index (χ1) is 11.6. The van der Waals surface area contributed by atoms with Crippen molar-refractivity contribution >= 4 is 17.0 Å². The average Bonchev–Trinajstić information content (AvgIpc) is 2.61. The van der Waals surface area contributed by atoms with Crippen molar-refractivity contribution in [2.75, 3.05) is 6.61 Å². The molecule has 4 N–H and O–H groups in total. The van der Waals surface area contributed by atoms with Crippen molar-refractivity contribution in [1.29, 1.82) is 0 Å². The Balaban J connectivity index is 1.68. The van der Waals surface area contributed by atoms with Gasteiger partial charge in [0.05, 0.1) is 12.8 Å². The lowest BCUT2D eigenvalue weighted by atomic mass is 9.99. The van der Waals surface area contributed by atoms with Crippen molar-refractivity contribution in [3.8, 4) is 0 Å². The standard InChI is InChI=1S/C17H19NO6/c19-9-13-14(20)15(21)16(22)17(23-13)24-18-8-10-5-6-11-3-1-2-4-12(11)7-10/h1-8,13-17,19-22H,9H2/b18-8+/t13?,14?,15-,16?,17-/m0/s1. The minimum Gasteiger partial charge on any atom is -0.394 e. The van der Waals surface area contributed by atoms with Crippen molar-refractivity contribution < 1.29 is 30.0 Å². The fourth-order valence-corrected chi connectivity index (χ4v) is 2.59. The largest absolute Gasteiger partial charge is 0.394 e. The number of aliphatic hydroxyl groups is 4. The van der Waals surface area contributed by atoms with Gasteiger partial charge in [0.15, 0.2) is 0 Å². The third-order valence-electron chi connectivity index (χ3n) is 3.99. The lowest BCUT2D eigenvalue weighted by Crippen LogP contribution is -2.58. The number of hydrogen-bond acceptors (Lipinski definition) is 7. The monoisotopic (exact) mass is 333 g/mol. The molecule has 1 saturated heterocycles. The molecule has 3 rings (SSSR count). The maximum absolute atomic E-state index is 9.84. The Bertz CT molecular complexity index is 719. The van der Waals surface area contributed by atoms with Gasteiger partial charge in [-0.2, -0.15) is 0 Å². The molecule has 5 atom stereocenters. The van der Waals surface area contributed by atoms with Crippen LogP contribution in [0.1, 0.15) is 5.56 Å². The van der Waals surface area contributed by atoms with Gasteiger partial charge in [-0.3, -0.25) is 0 Å². The molecule has 0 aromatic heterocycles. The molecule has 0 radical (unpaired) electrons. The second-order valence-electron chi connectivity index (χ2n) is 5.64. The van der Waals surface area contributed by atoms with Crippen LogP contribution in [0.5, 0.6) is 0 Å². The number of hydrogen-bond donors (Lipinski definition) is 4. The van der Waals surface area contributed by atoms with Crippen LogP contribution in [-0.2, 0) is 9.57 Å². The highest BCUT2D eigenvalue weighted by atomic mass is 16.8. The molecule has 0 spiro atoms. The molecule has 2 aromatic carbocycles. The number of aliphatic hydroxyl groups excluding tert-OH is 4. The van der Waals surface area contributed by atoms with Crippen LogP contribution >= 0.6 is 0 Å². The highest BCUT2D eigenvalue weighted by Crippen LogP contribution is 2.22. The summed E-state index contributed by atoms with van der Waals surface area (Å²) in [6.07, 6.45) is -5.24. The number of ether oxygens (including phenoxy) is 1. The quantitative estimate of drug-likeness (QED) is 0.463. The zero-order valence-electron chi connectivity index (χ0n) is 12.8. The molecule has 1 fully saturated rings. The molecule has 0 saturated carbocycles. The van der Waals surface area contributed by atoms with E-state index >= 15 is 0 Å². The summed E-state index contributed by atoms with van der Waals surface area (Å²) in [6.45, 7) is -0.515. The third-order valence-corrected chi connectivity index (χ3v) is 3.99. The van der Waals surface area contributed by atoms with Crippen LogP contribution in [0.15, 0.2) is 47.6 Å². The van der Waals surface area contributed by atoms with Gasteiger partial charge in [-0.1, -0.05) is 41.6 Å². The molecule has 3 unspecified atom stereocenters. The molecule has 7 heteroatoms. The minimum atomic E-state index is -1.49. The van der Waals surface area contributed by atoms with Crippen molar-refractivity contribution in [1.82, 2.24) is 0 Å². The number of oxime groups is 1. The molecule has 24 heavy (non-hydrogen) atoms. The number of nitrogens with zero attached hydrogens (tertiary/aromatic N) is 1. The first-order valence-electron chi connectivity index (χ1n) is 7.58. The Morgan fingerprint density at radius 3 is 2.50 bits per heavy atom. The molecule has 0 bridgehead atoms. The summed E-state index contributed by atoms with van der Waals surface area (Å²) < 4.78 is 5.19. The Morgan fingerprint density at radius 2 is 1.75 bits per heavy atom. The van der Waals surface area contributed by atoms with Crippen LogP contribution in [0.4, 0.5) is 0 Å². The number of rotatable bonds is 4. The van der Waals surface area contributed by atoms with Crippen molar-refractivity contribution in [3.05, 3.63) is 48.0 Å². The van der Waals surface area contributed by atoms with Gasteiger partial charge >= 0.3 is 0 Å². The van der Waals surface area contributed by atoms with E-state index in [0.717, 1.165) is 16.3 Å². The zero-order valence-corrected chi connectivity index (χ0v) is 12.8. The fraction of sp³-hybridized carbons (Fsp3) is 0.353. The van der Waals surface area contributed by atoms with E-state index in [1.807, 2.05) is 42.5 Å². The molecule has 1 heterocycles. The molecule has 1 aliphatic heterocycles. The van der Waals surface area contributed by atoms with E-state index in [0.29, 0.717) is 0 Å². The van der Waals surface area contributed by atoms with Crippen LogP contribution in [0.25, 0.3) is 10.8 Å². The van der Waals surface area contributed by atoms with Crippen LogP contribution < -0.4 is 0 Å². The molecule has 2 aromatic rings. The Hall–Kier alpha value is -2.03. The summed E-state index contributed by atoms with van der Waals surface area (Å²) >= 11 is 0. The van der Waals surface area contributed by atoms with Crippen molar-refractivity contribution in [2.45, 2.75) is 30.7 Å². The summed E-state index contributed by atoms with van der Waals surface area (Å²) in [6, 6.07) is 13.6. The second kappa shape index (κ2) is 7.25. The second-order valence-corrected chi connectivity index (χ2v) is 5.64. The first-order valence-corrected chi connectivity index (χ1v) is 7.58. The van der Waals surface area contributed by atoms with E-state index in [-0.39, 0.29) is 0 Å². The lowest BCUT2D eigenvalue weighted by Gasteiger charge is -2.38. The number of benzene rings is 2. The average molecular weight is 333 g/mol. The molecule has 1 aliphatic rings. The van der Waals surface area contributed by atoms with Gasteiger partial charge in [-0.15, -0.1) is 0 Å². The maximum atomic E-state index is 9.84. The molecule has 128 valence electrons. The summed E-state index contributed by atoms with van der Waals surface area (Å²) in [5, 5.41) is 44.2. The molecule has 7 nitrogen and oxygen atoms in total. The predicted octanol–water partition coefficient (Wildman–Crippen LogP) is -0.00980. The topological polar surface area (TPSA) is 112 Å². The van der Waals surface area contributed by atoms with Crippen LogP contribution in [0.3, 0.4) is 0 Å². The van der Waals surface area contributed by atoms with Gasteiger partial charge in [0, 0.05) is 0 Å². The van der Waals surface area contributed by atoms with Gasteiger partial charge in [-0.25, -0.2) is 0 Å². The van der Waals surface area contributed by atoms with Gasteiger partial charge in [0.1, 0.15) is 24.4 Å². The van der Waals surface area contributed by atoms with Crippen molar-refractivity contribution in [2.24, 2.45) is 5.16 Å². The zero-order chi connectivity index (χ0) is 17.1. The number of fused-ring (bicyclic) bond motifs is 1. The Labute approximate surface area is 138 Å². The van der Waals surface area contributed by atoms with Gasteiger partial charge in [-0.05, 0) is 22.4 Å². The van der Waals surface area contributed by atoms with E-state index in [1.54, 1.807) is 0 Å². The summed E-state index contributed by atoms with van der Waals surface area (Å²) in [7, 11) is 0. The normalized spacial score (nSPS) is 30.8. The van der Waals surface area contributed by atoms with Crippen LogP contribution in [0.2, 0.25) is 0 Å². The molecule has 0 amide bonds. The third kappa shape index (κ3) is 3.40. The highest BCUT2D eigenvalue weighted by molar-refractivity contribution is 5.90. The maximum Gasteiger partial charge on any atom is 0.256 e. The van der Waals surface area contributed by atoms with Crippen LogP contribution in [-0.4, -0.2) is 64.0 Å². The molecule has 0 aliphatic carbocycles. The first kappa shape index (κ1) is 16.8. The molecular formula is C17H19NO6. The predicted molar refractivity (Wildman–Crippen MR) is 86.4 cm³/mol. The Kier molecular flexibility index (Phi) is 5.08. The summed E-state index contributed by atoms with van der Waals surface area (Å²) in [5.74, 6) is 0. The highest BCUT2D eigenvalue weighted by Gasteiger charge is 2.44. The van der Waals surface area contributed by atoms with E-state index in [4.69, 9.17) is 14.7 Å². The minimum absolute atomic E-state index is 0.515. The smallest absolute Gasteiger partial charge is 0.256 e. The lowest BCUT2D eigenvalue weighted by molar-refractivity contribution is -0.301. The summed E-state index contributed by atoms with van der Waals surface area (Å²) in [4.78, 5) is 5.08. The van der Waals surface area contributed by atoms with E-state index in [2.05, 4.69) is 5.16 Å². The van der Waals surface area contributed by atoms with Gasteiger partial charge < -0.3 is 30.0 Å². The van der Waals surface area contributed by atoms with Crippen LogP contribution in [0, 0.1) is 0 Å². The van der Waals surface area contributed by atoms with Gasteiger partial charge in [0.25, 0.3) is 6.29 Å². The van der Waals surface area contributed by atoms with E-state index in [9.17, 15) is 15.3 Å². The SMILES string of the molecule is OCC1O[C@@H](O/N=C/c2ccc3ccccc3c2)C(O)[C@@H](O)C1O. The van der Waals surface area contributed by atoms with Gasteiger partial charge in [0.2, 0.25) is 0 Å².